The first-order valence-corrected chi connectivity index (χ1v) is 29.5. The van der Waals surface area contributed by atoms with Gasteiger partial charge in [0.15, 0.2) is 0 Å². The van der Waals surface area contributed by atoms with Crippen LogP contribution in [0.3, 0.4) is 0 Å². The Morgan fingerprint density at radius 1 is 0.649 bits per heavy atom. The molecule has 4 heterocycles. The summed E-state index contributed by atoms with van der Waals surface area (Å²) in [6, 6.07) is 71.2. The summed E-state index contributed by atoms with van der Waals surface area (Å²) in [5.41, 5.74) is 16.5. The number of hydrogen-bond acceptors (Lipinski definition) is 3. The Balaban J connectivity index is 0.000000157. The number of fused-ring (bicyclic) bond motifs is 7. The van der Waals surface area contributed by atoms with Crippen molar-refractivity contribution in [2.45, 2.75) is 77.9 Å². The molecule has 4 aromatic heterocycles. The second kappa shape index (κ2) is 19.9. The van der Waals surface area contributed by atoms with Gasteiger partial charge in [-0.3, -0.25) is 4.98 Å². The quantitative estimate of drug-likeness (QED) is 0.113. The van der Waals surface area contributed by atoms with E-state index in [1.165, 1.54) is 87.0 Å². The number of imidazole rings is 1. The average Bonchev–Trinajstić information content (AvgIpc) is 4.23. The van der Waals surface area contributed by atoms with Crippen molar-refractivity contribution in [3.63, 3.8) is 0 Å². The maximum atomic E-state index is 6.42. The van der Waals surface area contributed by atoms with E-state index >= 15 is 0 Å². The molecule has 13 rings (SSSR count). The summed E-state index contributed by atoms with van der Waals surface area (Å²) < 4.78 is 11.0. The molecule has 0 atom stereocenters. The van der Waals surface area contributed by atoms with Crippen molar-refractivity contribution in [3.05, 3.63) is 211 Å². The summed E-state index contributed by atoms with van der Waals surface area (Å²) in [6.45, 7) is 14.1. The number of furan rings is 1. The summed E-state index contributed by atoms with van der Waals surface area (Å²) in [5, 5.41) is 6.22. The SMILES string of the molecule is CC(C)(C)c1ccc(-n2c(-c3[c-]ccc4c3oc3ccccc34)nc3ccccc32)c(-c2ccccc2)c1.C[Si](C)(C)c1cnc(-c2[c-]cc3c(c2)c2ccccc2n3-c2ccccc2)cc1CC1CCCC1.[Ir]. The van der Waals surface area contributed by atoms with Gasteiger partial charge in [0.25, 0.3) is 0 Å². The van der Waals surface area contributed by atoms with Gasteiger partial charge in [0, 0.05) is 54.1 Å². The molecular formula is C67H60IrN4OSi-2. The third-order valence-corrected chi connectivity index (χ3v) is 17.1. The number of benzene rings is 8. The van der Waals surface area contributed by atoms with Crippen molar-refractivity contribution < 1.29 is 24.5 Å². The van der Waals surface area contributed by atoms with Gasteiger partial charge >= 0.3 is 0 Å². The fourth-order valence-corrected chi connectivity index (χ4v) is 12.9. The predicted molar refractivity (Wildman–Crippen MR) is 308 cm³/mol. The Morgan fingerprint density at radius 2 is 1.34 bits per heavy atom. The van der Waals surface area contributed by atoms with E-state index in [4.69, 9.17) is 14.4 Å². The van der Waals surface area contributed by atoms with Gasteiger partial charge in [0.2, 0.25) is 0 Å². The molecule has 369 valence electrons. The number of para-hydroxylation sites is 5. The summed E-state index contributed by atoms with van der Waals surface area (Å²) in [4.78, 5) is 10.2. The van der Waals surface area contributed by atoms with E-state index in [9.17, 15) is 0 Å². The van der Waals surface area contributed by atoms with Gasteiger partial charge in [-0.05, 0) is 99.2 Å². The normalized spacial score (nSPS) is 13.2. The molecule has 0 saturated heterocycles. The predicted octanol–water partition coefficient (Wildman–Crippen LogP) is 17.3. The maximum Gasteiger partial charge on any atom is 0.120 e. The third kappa shape index (κ3) is 9.16. The molecule has 74 heavy (non-hydrogen) atoms. The van der Waals surface area contributed by atoms with Crippen LogP contribution in [-0.4, -0.2) is 27.2 Å². The molecule has 12 aromatic rings. The number of rotatable bonds is 8. The van der Waals surface area contributed by atoms with Crippen molar-refractivity contribution >= 4 is 68.0 Å². The summed E-state index contributed by atoms with van der Waals surface area (Å²) in [7, 11) is -1.46. The van der Waals surface area contributed by atoms with E-state index in [0.29, 0.717) is 0 Å². The van der Waals surface area contributed by atoms with Gasteiger partial charge in [0.05, 0.1) is 30.5 Å². The van der Waals surface area contributed by atoms with Crippen molar-refractivity contribution in [2.75, 3.05) is 0 Å². The smallest absolute Gasteiger partial charge is 0.120 e. The van der Waals surface area contributed by atoms with Crippen LogP contribution in [0.15, 0.2) is 193 Å². The van der Waals surface area contributed by atoms with Crippen LogP contribution in [0.25, 0.3) is 99.9 Å². The van der Waals surface area contributed by atoms with E-state index in [0.717, 1.165) is 67.2 Å². The first kappa shape index (κ1) is 49.1. The monoisotopic (exact) mass is 1160 g/mol. The van der Waals surface area contributed by atoms with E-state index in [2.05, 4.69) is 220 Å². The molecule has 7 heteroatoms. The molecule has 1 aliphatic rings. The van der Waals surface area contributed by atoms with Crippen LogP contribution in [0, 0.1) is 18.1 Å². The standard InChI is InChI=1S/C35H27N2O.C32H33N2Si.Ir/c1-35(2,3)24-20-21-30(28(22-24)23-12-5-4-6-13-23)37-31-18-9-8-17-29(31)36-34(37)27-16-11-15-26-25-14-7-10-19-32(25)38-33(26)27;1-35(2,3)32-22-33-29(21-25(32)19-23-11-7-8-12-23)24-17-18-31-28(20-24)27-15-9-10-16-30(27)34(31)26-13-5-4-6-14-26;/h4-15,17-22H,1-3H3;4-6,9-10,13-16,18,20-23H,7-8,11-12,19H2,1-3H3;/q2*-1;. The third-order valence-electron chi connectivity index (χ3n) is 15.0. The van der Waals surface area contributed by atoms with Crippen molar-refractivity contribution in [3.8, 4) is 45.1 Å². The molecular weight excluding hydrogens is 1100 g/mol. The number of hydrogen-bond donors (Lipinski definition) is 0. The summed E-state index contributed by atoms with van der Waals surface area (Å²) >= 11 is 0. The summed E-state index contributed by atoms with van der Waals surface area (Å²) in [5.74, 6) is 1.65. The van der Waals surface area contributed by atoms with Gasteiger partial charge in [-0.25, -0.2) is 0 Å². The van der Waals surface area contributed by atoms with E-state index in [1.54, 1.807) is 0 Å². The molecule has 1 fully saturated rings. The van der Waals surface area contributed by atoms with Crippen molar-refractivity contribution in [2.24, 2.45) is 5.92 Å². The molecule has 0 spiro atoms. The Hall–Kier alpha value is -7.15. The van der Waals surface area contributed by atoms with Gasteiger partial charge in [-0.2, -0.15) is 0 Å². The van der Waals surface area contributed by atoms with Crippen LogP contribution >= 0.6 is 0 Å². The molecule has 0 amide bonds. The Morgan fingerprint density at radius 3 is 2.09 bits per heavy atom. The molecule has 0 bridgehead atoms. The maximum absolute atomic E-state index is 6.42. The van der Waals surface area contributed by atoms with E-state index < -0.39 is 8.07 Å². The van der Waals surface area contributed by atoms with Crippen LogP contribution in [0.2, 0.25) is 19.6 Å². The second-order valence-corrected chi connectivity index (χ2v) is 27.0. The zero-order chi connectivity index (χ0) is 49.8. The molecule has 8 aromatic carbocycles. The minimum atomic E-state index is -1.46. The number of nitrogens with zero attached hydrogens (tertiary/aromatic N) is 4. The topological polar surface area (TPSA) is 48.8 Å². The molecule has 1 aliphatic carbocycles. The number of aromatic nitrogens is 4. The molecule has 0 aliphatic heterocycles. The second-order valence-electron chi connectivity index (χ2n) is 22.0. The average molecular weight is 1160 g/mol. The van der Waals surface area contributed by atoms with E-state index in [1.807, 2.05) is 30.3 Å². The molecule has 1 saturated carbocycles. The fourth-order valence-electron chi connectivity index (χ4n) is 11.3. The molecule has 5 nitrogen and oxygen atoms in total. The summed E-state index contributed by atoms with van der Waals surface area (Å²) in [6.07, 6.45) is 8.92. The minimum Gasteiger partial charge on any atom is -0.501 e. The van der Waals surface area contributed by atoms with Crippen LogP contribution in [-0.2, 0) is 31.9 Å². The van der Waals surface area contributed by atoms with Crippen molar-refractivity contribution in [1.82, 2.24) is 19.1 Å². The van der Waals surface area contributed by atoms with Crippen LogP contribution in [0.4, 0.5) is 0 Å². The fraction of sp³-hybridized carbons (Fsp3) is 0.194. The molecule has 0 N–H and O–H groups in total. The largest absolute Gasteiger partial charge is 0.501 e. The van der Waals surface area contributed by atoms with Gasteiger partial charge in [-0.15, -0.1) is 42.0 Å². The van der Waals surface area contributed by atoms with Crippen LogP contribution < -0.4 is 5.19 Å². The number of pyridine rings is 1. The van der Waals surface area contributed by atoms with Crippen LogP contribution in [0.1, 0.15) is 57.6 Å². The Kier molecular flexibility index (Phi) is 13.2. The van der Waals surface area contributed by atoms with Gasteiger partial charge in [0.1, 0.15) is 5.58 Å². The molecule has 1 radical (unpaired) electrons. The first-order valence-electron chi connectivity index (χ1n) is 26.0. The zero-order valence-corrected chi connectivity index (χ0v) is 46.4. The zero-order valence-electron chi connectivity index (χ0n) is 43.0. The van der Waals surface area contributed by atoms with Gasteiger partial charge < -0.3 is 18.5 Å². The Bertz CT molecular complexity index is 3980. The van der Waals surface area contributed by atoms with Crippen molar-refractivity contribution in [1.29, 1.82) is 0 Å². The Labute approximate surface area is 449 Å². The molecule has 0 unspecified atom stereocenters. The van der Waals surface area contributed by atoms with Gasteiger partial charge in [-0.1, -0.05) is 197 Å². The minimum absolute atomic E-state index is 0. The van der Waals surface area contributed by atoms with E-state index in [-0.39, 0.29) is 25.5 Å². The first-order chi connectivity index (χ1) is 35.5. The van der Waals surface area contributed by atoms with Crippen LogP contribution in [0.5, 0.6) is 0 Å².